The summed E-state index contributed by atoms with van der Waals surface area (Å²) in [6.07, 6.45) is 0.322. The van der Waals surface area contributed by atoms with E-state index < -0.39 is 11.5 Å². The Morgan fingerprint density at radius 1 is 1.35 bits per heavy atom. The zero-order valence-electron chi connectivity index (χ0n) is 11.4. The second-order valence-corrected chi connectivity index (χ2v) is 4.92. The van der Waals surface area contributed by atoms with Gasteiger partial charge in [0.05, 0.1) is 0 Å². The van der Waals surface area contributed by atoms with Crippen molar-refractivity contribution in [3.8, 4) is 0 Å². The Hall–Kier alpha value is -1.10. The van der Waals surface area contributed by atoms with E-state index in [0.29, 0.717) is 19.5 Å². The van der Waals surface area contributed by atoms with Crippen LogP contribution in [0.4, 0.5) is 0 Å². The van der Waals surface area contributed by atoms with Gasteiger partial charge in [-0.15, -0.1) is 0 Å². The van der Waals surface area contributed by atoms with Crippen LogP contribution >= 0.6 is 0 Å². The Kier molecular flexibility index (Phi) is 6.16. The SMILES string of the molecule is CCN(CCC(=O)NC(C)C)C(C)(C)C(=O)O. The molecule has 0 aromatic heterocycles. The van der Waals surface area contributed by atoms with Gasteiger partial charge < -0.3 is 10.4 Å². The van der Waals surface area contributed by atoms with Crippen molar-refractivity contribution in [2.45, 2.75) is 52.6 Å². The van der Waals surface area contributed by atoms with Crippen LogP contribution in [0, 0.1) is 0 Å². The highest BCUT2D eigenvalue weighted by Crippen LogP contribution is 2.14. The standard InChI is InChI=1S/C12H24N2O3/c1-6-14(12(4,5)11(16)17)8-7-10(15)13-9(2)3/h9H,6-8H2,1-5H3,(H,13,15)(H,16,17). The number of hydrogen-bond acceptors (Lipinski definition) is 3. The van der Waals surface area contributed by atoms with E-state index >= 15 is 0 Å². The number of rotatable bonds is 7. The molecule has 0 atom stereocenters. The number of carboxylic acid groups (broad SMARTS) is 1. The number of hydrogen-bond donors (Lipinski definition) is 2. The van der Waals surface area contributed by atoms with E-state index in [1.54, 1.807) is 18.7 Å². The molecule has 0 bridgehead atoms. The van der Waals surface area contributed by atoms with Crippen molar-refractivity contribution in [3.05, 3.63) is 0 Å². The van der Waals surface area contributed by atoms with Crippen molar-refractivity contribution in [2.24, 2.45) is 0 Å². The summed E-state index contributed by atoms with van der Waals surface area (Å²) in [5, 5.41) is 11.9. The maximum atomic E-state index is 11.5. The zero-order chi connectivity index (χ0) is 13.6. The highest BCUT2D eigenvalue weighted by Gasteiger charge is 2.33. The molecule has 0 radical (unpaired) electrons. The van der Waals surface area contributed by atoms with Gasteiger partial charge in [0.25, 0.3) is 0 Å². The van der Waals surface area contributed by atoms with Crippen LogP contribution in [0.5, 0.6) is 0 Å². The van der Waals surface area contributed by atoms with Crippen molar-refractivity contribution in [1.82, 2.24) is 10.2 Å². The summed E-state index contributed by atoms with van der Waals surface area (Å²) in [4.78, 5) is 24.4. The minimum atomic E-state index is -0.938. The summed E-state index contributed by atoms with van der Waals surface area (Å²) >= 11 is 0. The third-order valence-corrected chi connectivity index (χ3v) is 2.75. The molecule has 0 aliphatic carbocycles. The Morgan fingerprint density at radius 2 is 1.88 bits per heavy atom. The second kappa shape index (κ2) is 6.59. The molecule has 1 amide bonds. The van der Waals surface area contributed by atoms with Crippen LogP contribution in [0.2, 0.25) is 0 Å². The molecule has 0 saturated heterocycles. The lowest BCUT2D eigenvalue weighted by Gasteiger charge is -2.33. The summed E-state index contributed by atoms with van der Waals surface area (Å²) in [5.74, 6) is -0.914. The van der Waals surface area contributed by atoms with Gasteiger partial charge in [-0.25, -0.2) is 0 Å². The van der Waals surface area contributed by atoms with Gasteiger partial charge in [-0.1, -0.05) is 6.92 Å². The van der Waals surface area contributed by atoms with Crippen LogP contribution in [-0.2, 0) is 9.59 Å². The molecule has 0 spiro atoms. The molecular weight excluding hydrogens is 220 g/mol. The minimum absolute atomic E-state index is 0.0420. The van der Waals surface area contributed by atoms with Crippen LogP contribution in [0.1, 0.15) is 41.0 Å². The van der Waals surface area contributed by atoms with E-state index in [4.69, 9.17) is 5.11 Å². The fourth-order valence-corrected chi connectivity index (χ4v) is 1.60. The van der Waals surface area contributed by atoms with Gasteiger partial charge in [-0.3, -0.25) is 14.5 Å². The van der Waals surface area contributed by atoms with Gasteiger partial charge in [0.2, 0.25) is 5.91 Å². The highest BCUT2D eigenvalue weighted by molar-refractivity contribution is 5.78. The Bertz CT molecular complexity index is 275. The third kappa shape index (κ3) is 5.17. The first-order valence-electron chi connectivity index (χ1n) is 5.99. The van der Waals surface area contributed by atoms with Crippen molar-refractivity contribution in [1.29, 1.82) is 0 Å². The number of likely N-dealkylation sites (N-methyl/N-ethyl adjacent to an activating group) is 1. The third-order valence-electron chi connectivity index (χ3n) is 2.75. The monoisotopic (exact) mass is 244 g/mol. The largest absolute Gasteiger partial charge is 0.480 e. The lowest BCUT2D eigenvalue weighted by Crippen LogP contribution is -2.51. The Labute approximate surface area is 103 Å². The van der Waals surface area contributed by atoms with Gasteiger partial charge in [0.1, 0.15) is 5.54 Å². The van der Waals surface area contributed by atoms with Gasteiger partial charge in [-0.2, -0.15) is 0 Å². The van der Waals surface area contributed by atoms with Crippen LogP contribution in [0.25, 0.3) is 0 Å². The van der Waals surface area contributed by atoms with Gasteiger partial charge in [0.15, 0.2) is 0 Å². The molecule has 0 saturated carbocycles. The van der Waals surface area contributed by atoms with E-state index in [1.165, 1.54) is 0 Å². The molecule has 100 valence electrons. The molecule has 0 aromatic carbocycles. The van der Waals surface area contributed by atoms with E-state index in [2.05, 4.69) is 5.32 Å². The van der Waals surface area contributed by atoms with Crippen LogP contribution in [0.15, 0.2) is 0 Å². The van der Waals surface area contributed by atoms with Crippen molar-refractivity contribution >= 4 is 11.9 Å². The number of carbonyl (C=O) groups excluding carboxylic acids is 1. The topological polar surface area (TPSA) is 69.6 Å². The molecule has 0 fully saturated rings. The highest BCUT2D eigenvalue weighted by atomic mass is 16.4. The van der Waals surface area contributed by atoms with Gasteiger partial charge in [0, 0.05) is 19.0 Å². The molecule has 0 aliphatic heterocycles. The number of nitrogens with zero attached hydrogens (tertiary/aromatic N) is 1. The number of amides is 1. The lowest BCUT2D eigenvalue weighted by atomic mass is 10.0. The predicted octanol–water partition coefficient (Wildman–Crippen LogP) is 1.09. The fraction of sp³-hybridized carbons (Fsp3) is 0.833. The van der Waals surface area contributed by atoms with Crippen LogP contribution < -0.4 is 5.32 Å². The number of carboxylic acids is 1. The van der Waals surface area contributed by atoms with Crippen molar-refractivity contribution < 1.29 is 14.7 Å². The summed E-state index contributed by atoms with van der Waals surface area (Å²) in [6.45, 7) is 10.1. The number of aliphatic carboxylic acids is 1. The molecule has 0 unspecified atom stereocenters. The maximum absolute atomic E-state index is 11.5. The first-order valence-corrected chi connectivity index (χ1v) is 5.99. The van der Waals surface area contributed by atoms with Crippen molar-refractivity contribution in [3.63, 3.8) is 0 Å². The lowest BCUT2D eigenvalue weighted by molar-refractivity contribution is -0.149. The van der Waals surface area contributed by atoms with Gasteiger partial charge in [-0.05, 0) is 34.2 Å². The second-order valence-electron chi connectivity index (χ2n) is 4.92. The fourth-order valence-electron chi connectivity index (χ4n) is 1.60. The average Bonchev–Trinajstić information content (AvgIpc) is 2.16. The van der Waals surface area contributed by atoms with E-state index in [9.17, 15) is 9.59 Å². The van der Waals surface area contributed by atoms with Crippen LogP contribution in [-0.4, -0.2) is 46.6 Å². The minimum Gasteiger partial charge on any atom is -0.480 e. The maximum Gasteiger partial charge on any atom is 0.323 e. The molecule has 0 heterocycles. The Morgan fingerprint density at radius 3 is 2.24 bits per heavy atom. The molecule has 0 rings (SSSR count). The summed E-state index contributed by atoms with van der Waals surface area (Å²) in [7, 11) is 0. The average molecular weight is 244 g/mol. The summed E-state index contributed by atoms with van der Waals surface area (Å²) in [6, 6.07) is 0.116. The zero-order valence-corrected chi connectivity index (χ0v) is 11.4. The summed E-state index contributed by atoms with van der Waals surface area (Å²) < 4.78 is 0. The molecule has 17 heavy (non-hydrogen) atoms. The normalized spacial score (nSPS) is 11.9. The number of carbonyl (C=O) groups is 2. The van der Waals surface area contributed by atoms with E-state index in [1.807, 2.05) is 20.8 Å². The predicted molar refractivity (Wildman–Crippen MR) is 66.9 cm³/mol. The first-order chi connectivity index (χ1) is 7.71. The van der Waals surface area contributed by atoms with Crippen molar-refractivity contribution in [2.75, 3.05) is 13.1 Å². The number of nitrogens with one attached hydrogen (secondary N) is 1. The Balaban J connectivity index is 4.33. The molecular formula is C12H24N2O3. The molecule has 5 heteroatoms. The van der Waals surface area contributed by atoms with E-state index in [-0.39, 0.29) is 11.9 Å². The first kappa shape index (κ1) is 15.9. The molecule has 5 nitrogen and oxygen atoms in total. The molecule has 0 aliphatic rings. The quantitative estimate of drug-likeness (QED) is 0.703. The smallest absolute Gasteiger partial charge is 0.323 e. The van der Waals surface area contributed by atoms with Gasteiger partial charge >= 0.3 is 5.97 Å². The molecule has 2 N–H and O–H groups in total. The summed E-state index contributed by atoms with van der Waals surface area (Å²) in [5.41, 5.74) is -0.938. The van der Waals surface area contributed by atoms with E-state index in [0.717, 1.165) is 0 Å². The molecule has 0 aromatic rings. The van der Waals surface area contributed by atoms with Crippen LogP contribution in [0.3, 0.4) is 0 Å².